The van der Waals surface area contributed by atoms with E-state index in [1.54, 1.807) is 0 Å². The molecular weight excluding hydrogens is 354 g/mol. The van der Waals surface area contributed by atoms with Crippen LogP contribution in [0.15, 0.2) is 70.1 Å². The molecule has 18 heavy (non-hydrogen) atoms. The van der Waals surface area contributed by atoms with Crippen LogP contribution in [0, 0.1) is 0 Å². The van der Waals surface area contributed by atoms with Gasteiger partial charge in [-0.3, -0.25) is 0 Å². The monoisotopic (exact) mass is 370 g/mol. The molecule has 0 saturated carbocycles. The summed E-state index contributed by atoms with van der Waals surface area (Å²) in [5.74, 6) is 0. The zero-order valence-electron chi connectivity index (χ0n) is 9.82. The normalized spacial score (nSPS) is 11.5. The van der Waals surface area contributed by atoms with Gasteiger partial charge in [-0.15, -0.1) is 0 Å². The van der Waals surface area contributed by atoms with Crippen LogP contribution in [0.3, 0.4) is 0 Å². The molecule has 0 radical (unpaired) electrons. The third kappa shape index (κ3) is 4.45. The molecule has 0 saturated heterocycles. The van der Waals surface area contributed by atoms with E-state index in [-0.39, 0.29) is 21.6 Å². The van der Waals surface area contributed by atoms with Gasteiger partial charge in [0.15, 0.2) is 0 Å². The van der Waals surface area contributed by atoms with Gasteiger partial charge < -0.3 is 0 Å². The van der Waals surface area contributed by atoms with E-state index < -0.39 is 0 Å². The van der Waals surface area contributed by atoms with E-state index in [4.69, 9.17) is 0 Å². The molecule has 0 aromatic heterocycles. The van der Waals surface area contributed by atoms with Gasteiger partial charge >= 0.3 is 121 Å². The second kappa shape index (κ2) is 7.58. The maximum absolute atomic E-state index is 9.42. The van der Waals surface area contributed by atoms with Crippen molar-refractivity contribution in [3.8, 4) is 0 Å². The van der Waals surface area contributed by atoms with Gasteiger partial charge in [0.2, 0.25) is 0 Å². The summed E-state index contributed by atoms with van der Waals surface area (Å²) in [5, 5.41) is 9.42. The van der Waals surface area contributed by atoms with Crippen molar-refractivity contribution in [2.75, 3.05) is 6.61 Å². The van der Waals surface area contributed by atoms with Crippen molar-refractivity contribution in [2.45, 2.75) is 0 Å². The minimum atomic E-state index is 0.170. The molecule has 0 aliphatic rings. The Morgan fingerprint density at radius 1 is 0.889 bits per heavy atom. The van der Waals surface area contributed by atoms with Crippen molar-refractivity contribution >= 4 is 38.8 Å². The van der Waals surface area contributed by atoms with E-state index >= 15 is 0 Å². The Balaban J connectivity index is 2.00. The van der Waals surface area contributed by atoms with Crippen molar-refractivity contribution in [1.82, 2.24) is 0 Å². The average Bonchev–Trinajstić information content (AvgIpc) is 2.45. The SMILES string of the molecule is OC/C(=C/[Se]c1ccccc1)[Se]c1ccccc1. The first-order valence-corrected chi connectivity index (χ1v) is 9.19. The molecule has 92 valence electrons. The molecular formula is C15H14OSe2. The van der Waals surface area contributed by atoms with Crippen LogP contribution in [-0.2, 0) is 0 Å². The third-order valence-corrected chi connectivity index (χ3v) is 7.09. The molecule has 0 aliphatic carbocycles. The predicted molar refractivity (Wildman–Crippen MR) is 78.8 cm³/mol. The molecule has 1 nitrogen and oxygen atoms in total. The van der Waals surface area contributed by atoms with Crippen molar-refractivity contribution < 1.29 is 5.11 Å². The summed E-state index contributed by atoms with van der Waals surface area (Å²) in [5.41, 5.74) is 0. The zero-order chi connectivity index (χ0) is 12.6. The van der Waals surface area contributed by atoms with Crippen LogP contribution >= 0.6 is 0 Å². The first-order valence-electron chi connectivity index (χ1n) is 5.63. The Labute approximate surface area is 120 Å². The number of aliphatic hydroxyl groups is 1. The van der Waals surface area contributed by atoms with E-state index in [0.29, 0.717) is 15.0 Å². The Hall–Kier alpha value is -0.821. The second-order valence-electron chi connectivity index (χ2n) is 3.59. The summed E-state index contributed by atoms with van der Waals surface area (Å²) in [7, 11) is 0. The van der Waals surface area contributed by atoms with Gasteiger partial charge in [0.1, 0.15) is 0 Å². The molecule has 3 heteroatoms. The first-order chi connectivity index (χ1) is 8.88. The van der Waals surface area contributed by atoms with Gasteiger partial charge in [-0.2, -0.15) is 0 Å². The van der Waals surface area contributed by atoms with Crippen molar-refractivity contribution in [3.63, 3.8) is 0 Å². The van der Waals surface area contributed by atoms with Crippen LogP contribution in [0.5, 0.6) is 0 Å². The van der Waals surface area contributed by atoms with E-state index in [9.17, 15) is 5.11 Å². The van der Waals surface area contributed by atoms with E-state index in [1.807, 2.05) is 12.1 Å². The zero-order valence-corrected chi connectivity index (χ0v) is 13.2. The topological polar surface area (TPSA) is 20.2 Å². The van der Waals surface area contributed by atoms with E-state index in [1.165, 1.54) is 8.92 Å². The molecule has 1 N–H and O–H groups in total. The first kappa shape index (κ1) is 13.6. The molecule has 0 amide bonds. The summed E-state index contributed by atoms with van der Waals surface area (Å²) in [6, 6.07) is 20.8. The summed E-state index contributed by atoms with van der Waals surface area (Å²) in [6.45, 7) is 0.170. The number of benzene rings is 2. The molecule has 0 bridgehead atoms. The Kier molecular flexibility index (Phi) is 5.73. The fourth-order valence-corrected chi connectivity index (χ4v) is 5.28. The standard InChI is InChI=1S/C15H14OSe2/c16-11-15(18-14-9-5-2-6-10-14)12-17-13-7-3-1-4-8-13/h1-10,12,16H,11H2/b15-12-. The van der Waals surface area contributed by atoms with Gasteiger partial charge in [0.25, 0.3) is 0 Å². The van der Waals surface area contributed by atoms with Crippen molar-refractivity contribution in [2.24, 2.45) is 0 Å². The third-order valence-electron chi connectivity index (χ3n) is 2.22. The van der Waals surface area contributed by atoms with Crippen LogP contribution in [0.4, 0.5) is 0 Å². The van der Waals surface area contributed by atoms with Crippen LogP contribution in [0.2, 0.25) is 0 Å². The Morgan fingerprint density at radius 3 is 2.00 bits per heavy atom. The number of aliphatic hydroxyl groups excluding tert-OH is 1. The molecule has 2 rings (SSSR count). The second-order valence-corrected chi connectivity index (χ2v) is 8.08. The fourth-order valence-electron chi connectivity index (χ4n) is 1.37. The molecule has 0 atom stereocenters. The number of hydrogen-bond acceptors (Lipinski definition) is 1. The van der Waals surface area contributed by atoms with Crippen molar-refractivity contribution in [1.29, 1.82) is 0 Å². The van der Waals surface area contributed by atoms with Crippen LogP contribution in [0.25, 0.3) is 0 Å². The van der Waals surface area contributed by atoms with Crippen LogP contribution < -0.4 is 8.92 Å². The van der Waals surface area contributed by atoms with E-state index in [2.05, 4.69) is 53.5 Å². The molecule has 2 aromatic carbocycles. The molecule has 2 aromatic rings. The quantitative estimate of drug-likeness (QED) is 0.778. The molecule has 0 spiro atoms. The number of hydrogen-bond donors (Lipinski definition) is 1. The Bertz CT molecular complexity index is 494. The molecule has 0 aliphatic heterocycles. The molecule has 0 fully saturated rings. The average molecular weight is 368 g/mol. The van der Waals surface area contributed by atoms with Gasteiger partial charge in [-0.1, -0.05) is 0 Å². The summed E-state index contributed by atoms with van der Waals surface area (Å²) in [4.78, 5) is 2.22. The predicted octanol–water partition coefficient (Wildman–Crippen LogP) is 0.880. The molecule has 0 heterocycles. The minimum absolute atomic E-state index is 0.170. The maximum atomic E-state index is 9.42. The summed E-state index contributed by atoms with van der Waals surface area (Å²) in [6.07, 6.45) is 0. The van der Waals surface area contributed by atoms with Gasteiger partial charge in [-0.05, 0) is 0 Å². The van der Waals surface area contributed by atoms with Gasteiger partial charge in [-0.25, -0.2) is 0 Å². The van der Waals surface area contributed by atoms with Crippen molar-refractivity contribution in [3.05, 3.63) is 70.1 Å². The van der Waals surface area contributed by atoms with E-state index in [0.717, 1.165) is 4.47 Å². The summed E-state index contributed by atoms with van der Waals surface area (Å²) < 4.78 is 3.83. The number of rotatable bonds is 5. The van der Waals surface area contributed by atoms with Gasteiger partial charge in [0, 0.05) is 0 Å². The van der Waals surface area contributed by atoms with Crippen LogP contribution in [0.1, 0.15) is 0 Å². The van der Waals surface area contributed by atoms with Gasteiger partial charge in [0.05, 0.1) is 0 Å². The summed E-state index contributed by atoms with van der Waals surface area (Å²) >= 11 is 0.558. The Morgan fingerprint density at radius 2 is 1.44 bits per heavy atom. The molecule has 0 unspecified atom stereocenters. The fraction of sp³-hybridized carbons (Fsp3) is 0.0667. The van der Waals surface area contributed by atoms with Crippen LogP contribution in [-0.4, -0.2) is 41.6 Å².